The summed E-state index contributed by atoms with van der Waals surface area (Å²) in [4.78, 5) is 14.6. The molecule has 1 aromatic carbocycles. The minimum absolute atomic E-state index is 0.154. The molecular weight excluding hydrogens is 306 g/mol. The van der Waals surface area contributed by atoms with Gasteiger partial charge in [-0.15, -0.1) is 0 Å². The molecule has 6 heteroatoms. The minimum Gasteiger partial charge on any atom is -0.497 e. The van der Waals surface area contributed by atoms with E-state index < -0.39 is 6.10 Å². The van der Waals surface area contributed by atoms with Crippen LogP contribution in [0.2, 0.25) is 0 Å². The van der Waals surface area contributed by atoms with Crippen molar-refractivity contribution >= 4 is 5.91 Å². The molecular formula is C18H23N3O3. The van der Waals surface area contributed by atoms with Gasteiger partial charge in [0.15, 0.2) is 0 Å². The van der Waals surface area contributed by atoms with Crippen molar-refractivity contribution in [2.45, 2.75) is 38.5 Å². The van der Waals surface area contributed by atoms with Gasteiger partial charge < -0.3 is 14.7 Å². The molecule has 2 aromatic rings. The number of β-amino-alcohol motifs (C(OH)–C–C–N with tert-alkyl or cyclic N) is 1. The molecule has 2 heterocycles. The maximum absolute atomic E-state index is 12.9. The van der Waals surface area contributed by atoms with E-state index in [0.29, 0.717) is 18.7 Å². The molecule has 1 fully saturated rings. The van der Waals surface area contributed by atoms with Crippen molar-refractivity contribution in [3.63, 3.8) is 0 Å². The molecule has 1 amide bonds. The van der Waals surface area contributed by atoms with Crippen LogP contribution in [0.1, 0.15) is 48.4 Å². The molecule has 1 saturated heterocycles. The summed E-state index contributed by atoms with van der Waals surface area (Å²) >= 11 is 0. The molecule has 6 nitrogen and oxygen atoms in total. The van der Waals surface area contributed by atoms with Crippen LogP contribution in [0.15, 0.2) is 36.5 Å². The molecule has 0 spiro atoms. The molecule has 24 heavy (non-hydrogen) atoms. The Balaban J connectivity index is 1.87. The van der Waals surface area contributed by atoms with E-state index in [0.717, 1.165) is 11.3 Å². The number of aromatic nitrogens is 2. The molecule has 1 N–H and O–H groups in total. The van der Waals surface area contributed by atoms with E-state index in [1.165, 1.54) is 0 Å². The summed E-state index contributed by atoms with van der Waals surface area (Å²) in [6.07, 6.45) is 1.80. The van der Waals surface area contributed by atoms with Crippen LogP contribution in [0.5, 0.6) is 5.75 Å². The van der Waals surface area contributed by atoms with Crippen molar-refractivity contribution in [3.05, 3.63) is 47.8 Å². The van der Waals surface area contributed by atoms with Crippen molar-refractivity contribution in [1.29, 1.82) is 0 Å². The van der Waals surface area contributed by atoms with Gasteiger partial charge in [0.05, 0.1) is 19.3 Å². The second-order valence-corrected chi connectivity index (χ2v) is 6.41. The number of aliphatic hydroxyl groups is 1. The first-order valence-corrected chi connectivity index (χ1v) is 8.17. The van der Waals surface area contributed by atoms with Gasteiger partial charge in [0, 0.05) is 18.8 Å². The number of likely N-dealkylation sites (tertiary alicyclic amines) is 1. The Bertz CT molecular complexity index is 726. The summed E-state index contributed by atoms with van der Waals surface area (Å²) in [5.41, 5.74) is 1.37. The average molecular weight is 329 g/mol. The number of carbonyl (C=O) groups excluding carboxylic acids is 1. The van der Waals surface area contributed by atoms with Gasteiger partial charge >= 0.3 is 0 Å². The fourth-order valence-electron chi connectivity index (χ4n) is 3.09. The number of rotatable bonds is 4. The highest BCUT2D eigenvalue weighted by Crippen LogP contribution is 2.34. The predicted octanol–water partition coefficient (Wildman–Crippen LogP) is 2.42. The third-order valence-corrected chi connectivity index (χ3v) is 4.37. The van der Waals surface area contributed by atoms with E-state index in [1.54, 1.807) is 22.8 Å². The summed E-state index contributed by atoms with van der Waals surface area (Å²) in [7, 11) is 1.62. The Kier molecular flexibility index (Phi) is 4.57. The normalized spacial score (nSPS) is 20.6. The van der Waals surface area contributed by atoms with Crippen LogP contribution < -0.4 is 4.74 Å². The van der Waals surface area contributed by atoms with Crippen LogP contribution >= 0.6 is 0 Å². The lowest BCUT2D eigenvalue weighted by Gasteiger charge is -2.24. The highest BCUT2D eigenvalue weighted by molar-refractivity contribution is 5.92. The summed E-state index contributed by atoms with van der Waals surface area (Å²) < 4.78 is 7.03. The third kappa shape index (κ3) is 3.14. The van der Waals surface area contributed by atoms with E-state index >= 15 is 0 Å². The molecule has 0 bridgehead atoms. The first-order chi connectivity index (χ1) is 11.5. The van der Waals surface area contributed by atoms with Crippen LogP contribution in [-0.2, 0) is 0 Å². The van der Waals surface area contributed by atoms with Gasteiger partial charge in [-0.2, -0.15) is 5.10 Å². The number of amides is 1. The minimum atomic E-state index is -0.530. The SMILES string of the molecule is COc1cccc([C@@H]2C[C@@H](O)CN2C(=O)c2ccn(C(C)C)n2)c1. The number of carbonyl (C=O) groups is 1. The maximum atomic E-state index is 12.9. The number of hydrogen-bond donors (Lipinski definition) is 1. The number of nitrogens with zero attached hydrogens (tertiary/aromatic N) is 3. The molecule has 0 radical (unpaired) electrons. The molecule has 128 valence electrons. The third-order valence-electron chi connectivity index (χ3n) is 4.37. The maximum Gasteiger partial charge on any atom is 0.274 e. The molecule has 1 aromatic heterocycles. The molecule has 0 aliphatic carbocycles. The quantitative estimate of drug-likeness (QED) is 0.935. The van der Waals surface area contributed by atoms with E-state index in [1.807, 2.05) is 44.3 Å². The summed E-state index contributed by atoms with van der Waals surface area (Å²) in [5, 5.41) is 14.5. The fourth-order valence-corrected chi connectivity index (χ4v) is 3.09. The molecule has 3 rings (SSSR count). The fraction of sp³-hybridized carbons (Fsp3) is 0.444. The second-order valence-electron chi connectivity index (χ2n) is 6.41. The first-order valence-electron chi connectivity index (χ1n) is 8.17. The number of hydrogen-bond acceptors (Lipinski definition) is 4. The van der Waals surface area contributed by atoms with E-state index in [4.69, 9.17) is 4.74 Å². The van der Waals surface area contributed by atoms with Gasteiger partial charge in [0.2, 0.25) is 0 Å². The zero-order valence-corrected chi connectivity index (χ0v) is 14.2. The van der Waals surface area contributed by atoms with Gasteiger partial charge in [0.25, 0.3) is 5.91 Å². The molecule has 0 saturated carbocycles. The van der Waals surface area contributed by atoms with Crippen LogP contribution in [0.3, 0.4) is 0 Å². The summed E-state index contributed by atoms with van der Waals surface area (Å²) in [6, 6.07) is 9.39. The van der Waals surface area contributed by atoms with Gasteiger partial charge in [-0.1, -0.05) is 12.1 Å². The topological polar surface area (TPSA) is 67.6 Å². The van der Waals surface area contributed by atoms with Gasteiger partial charge in [0.1, 0.15) is 11.4 Å². The van der Waals surface area contributed by atoms with Gasteiger partial charge in [-0.05, 0) is 44.0 Å². The van der Waals surface area contributed by atoms with E-state index in [-0.39, 0.29) is 18.0 Å². The van der Waals surface area contributed by atoms with Crippen molar-refractivity contribution in [2.24, 2.45) is 0 Å². The lowest BCUT2D eigenvalue weighted by molar-refractivity contribution is 0.0708. The van der Waals surface area contributed by atoms with Crippen molar-refractivity contribution in [2.75, 3.05) is 13.7 Å². The van der Waals surface area contributed by atoms with Crippen LogP contribution in [0.25, 0.3) is 0 Å². The standard InChI is InChI=1S/C18H23N3O3/c1-12(2)21-8-7-16(19-21)18(23)20-11-14(22)10-17(20)13-5-4-6-15(9-13)24-3/h4-9,12,14,17,22H,10-11H2,1-3H3/t14-,17+/m1/s1. The number of methoxy groups -OCH3 is 1. The van der Waals surface area contributed by atoms with E-state index in [2.05, 4.69) is 5.10 Å². The van der Waals surface area contributed by atoms with Crippen molar-refractivity contribution < 1.29 is 14.6 Å². The number of aliphatic hydroxyl groups excluding tert-OH is 1. The first kappa shape index (κ1) is 16.5. The molecule has 1 aliphatic heterocycles. The van der Waals surface area contributed by atoms with Crippen LogP contribution in [0.4, 0.5) is 0 Å². The Labute approximate surface area is 141 Å². The smallest absolute Gasteiger partial charge is 0.274 e. The number of ether oxygens (including phenoxy) is 1. The lowest BCUT2D eigenvalue weighted by Crippen LogP contribution is -2.32. The van der Waals surface area contributed by atoms with E-state index in [9.17, 15) is 9.90 Å². The molecule has 2 atom stereocenters. The zero-order valence-electron chi connectivity index (χ0n) is 14.2. The Morgan fingerprint density at radius 1 is 1.38 bits per heavy atom. The zero-order chi connectivity index (χ0) is 17.3. The largest absolute Gasteiger partial charge is 0.497 e. The highest BCUT2D eigenvalue weighted by atomic mass is 16.5. The monoisotopic (exact) mass is 329 g/mol. The summed E-state index contributed by atoms with van der Waals surface area (Å²) in [5.74, 6) is 0.587. The molecule has 1 aliphatic rings. The Morgan fingerprint density at radius 2 is 2.17 bits per heavy atom. The van der Waals surface area contributed by atoms with Crippen molar-refractivity contribution in [3.8, 4) is 5.75 Å². The predicted molar refractivity (Wildman–Crippen MR) is 90.0 cm³/mol. The van der Waals surface area contributed by atoms with Gasteiger partial charge in [-0.25, -0.2) is 0 Å². The highest BCUT2D eigenvalue weighted by Gasteiger charge is 2.36. The number of benzene rings is 1. The van der Waals surface area contributed by atoms with Crippen LogP contribution in [0, 0.1) is 0 Å². The van der Waals surface area contributed by atoms with Crippen LogP contribution in [-0.4, -0.2) is 45.5 Å². The lowest BCUT2D eigenvalue weighted by atomic mass is 10.0. The summed E-state index contributed by atoms with van der Waals surface area (Å²) in [6.45, 7) is 4.34. The Morgan fingerprint density at radius 3 is 2.83 bits per heavy atom. The molecule has 0 unspecified atom stereocenters. The Hall–Kier alpha value is -2.34. The second kappa shape index (κ2) is 6.65. The van der Waals surface area contributed by atoms with Crippen molar-refractivity contribution in [1.82, 2.24) is 14.7 Å². The van der Waals surface area contributed by atoms with Gasteiger partial charge in [-0.3, -0.25) is 9.48 Å². The average Bonchev–Trinajstić information content (AvgIpc) is 3.21.